The predicted octanol–water partition coefficient (Wildman–Crippen LogP) is 3.58. The van der Waals surface area contributed by atoms with Crippen molar-refractivity contribution in [3.05, 3.63) is 60.2 Å². The molecule has 5 heteroatoms. The van der Waals surface area contributed by atoms with Gasteiger partial charge in [-0.25, -0.2) is 4.39 Å². The molecule has 0 saturated carbocycles. The molecule has 1 N–H and O–H groups in total. The number of rotatable bonds is 6. The first-order valence-electron chi connectivity index (χ1n) is 6.73. The van der Waals surface area contributed by atoms with Crippen LogP contribution in [-0.4, -0.2) is 16.6 Å². The highest BCUT2D eigenvalue weighted by Gasteiger charge is 2.09. The lowest BCUT2D eigenvalue weighted by molar-refractivity contribution is -0.121. The zero-order valence-electron chi connectivity index (χ0n) is 11.8. The maximum absolute atomic E-state index is 13.4. The molecule has 3 nitrogen and oxygen atoms in total. The number of carbonyl (C=O) groups excluding carboxylic acids is 1. The summed E-state index contributed by atoms with van der Waals surface area (Å²) in [6.45, 7) is 1.93. The van der Waals surface area contributed by atoms with Crippen LogP contribution in [0, 0.1) is 5.82 Å². The molecule has 2 rings (SSSR count). The van der Waals surface area contributed by atoms with Gasteiger partial charge < -0.3 is 5.32 Å². The number of aromatic nitrogens is 1. The lowest BCUT2D eigenvalue weighted by Crippen LogP contribution is -2.26. The monoisotopic (exact) mass is 304 g/mol. The first kappa shape index (κ1) is 15.5. The van der Waals surface area contributed by atoms with E-state index in [0.29, 0.717) is 17.1 Å². The maximum Gasteiger partial charge on any atom is 0.221 e. The second-order valence-corrected chi connectivity index (χ2v) is 5.74. The molecule has 0 spiro atoms. The van der Waals surface area contributed by atoms with Gasteiger partial charge in [0.25, 0.3) is 0 Å². The van der Waals surface area contributed by atoms with Gasteiger partial charge in [-0.3, -0.25) is 9.78 Å². The van der Waals surface area contributed by atoms with E-state index in [1.54, 1.807) is 30.6 Å². The number of benzene rings is 1. The number of thioether (sulfide) groups is 1. The van der Waals surface area contributed by atoms with Gasteiger partial charge in [0.15, 0.2) is 0 Å². The van der Waals surface area contributed by atoms with Crippen LogP contribution in [0.25, 0.3) is 0 Å². The minimum absolute atomic E-state index is 0.0387. The Morgan fingerprint density at radius 2 is 2.00 bits per heavy atom. The lowest BCUT2D eigenvalue weighted by Gasteiger charge is -2.13. The fourth-order valence-electron chi connectivity index (χ4n) is 1.86. The Hall–Kier alpha value is -1.88. The van der Waals surface area contributed by atoms with E-state index in [4.69, 9.17) is 0 Å². The van der Waals surface area contributed by atoms with Crippen molar-refractivity contribution in [1.29, 1.82) is 0 Å². The Morgan fingerprint density at radius 1 is 1.29 bits per heavy atom. The summed E-state index contributed by atoms with van der Waals surface area (Å²) in [7, 11) is 0. The van der Waals surface area contributed by atoms with Gasteiger partial charge in [-0.2, -0.15) is 0 Å². The molecule has 0 aliphatic rings. The second kappa shape index (κ2) is 7.78. The van der Waals surface area contributed by atoms with Gasteiger partial charge in [-0.15, -0.1) is 11.8 Å². The molecule has 2 aromatic rings. The van der Waals surface area contributed by atoms with Crippen LogP contribution in [0.1, 0.15) is 24.9 Å². The third kappa shape index (κ3) is 4.86. The highest BCUT2D eigenvalue weighted by atomic mass is 32.2. The summed E-state index contributed by atoms with van der Waals surface area (Å²) >= 11 is 1.35. The predicted molar refractivity (Wildman–Crippen MR) is 82.5 cm³/mol. The molecule has 0 radical (unpaired) electrons. The number of pyridine rings is 1. The van der Waals surface area contributed by atoms with Crippen molar-refractivity contribution in [2.24, 2.45) is 0 Å². The first-order chi connectivity index (χ1) is 10.2. The zero-order valence-corrected chi connectivity index (χ0v) is 12.6. The summed E-state index contributed by atoms with van der Waals surface area (Å²) in [5.74, 6) is 0.270. The summed E-state index contributed by atoms with van der Waals surface area (Å²) in [6, 6.07) is 10.3. The van der Waals surface area contributed by atoms with Gasteiger partial charge in [0.2, 0.25) is 5.91 Å². The number of nitrogens with zero attached hydrogens (tertiary/aromatic N) is 1. The van der Waals surface area contributed by atoms with Crippen molar-refractivity contribution in [3.63, 3.8) is 0 Å². The standard InChI is InChI=1S/C16H17FN2OS/c1-12(13-6-9-18-10-7-13)19-16(20)8-11-21-15-5-3-2-4-14(15)17/h2-7,9-10,12H,8,11H2,1H3,(H,19,20). The van der Waals surface area contributed by atoms with Crippen molar-refractivity contribution >= 4 is 17.7 Å². The van der Waals surface area contributed by atoms with Crippen molar-refractivity contribution in [2.75, 3.05) is 5.75 Å². The number of hydrogen-bond acceptors (Lipinski definition) is 3. The molecular formula is C16H17FN2OS. The van der Waals surface area contributed by atoms with Crippen LogP contribution in [0.15, 0.2) is 53.7 Å². The van der Waals surface area contributed by atoms with Gasteiger partial charge in [0.1, 0.15) is 5.82 Å². The molecule has 1 heterocycles. The molecule has 0 aliphatic heterocycles. The van der Waals surface area contributed by atoms with Crippen molar-refractivity contribution in [2.45, 2.75) is 24.3 Å². The van der Waals surface area contributed by atoms with Gasteiger partial charge in [0.05, 0.1) is 6.04 Å². The van der Waals surface area contributed by atoms with Crippen LogP contribution in [0.2, 0.25) is 0 Å². The fraction of sp³-hybridized carbons (Fsp3) is 0.250. The maximum atomic E-state index is 13.4. The summed E-state index contributed by atoms with van der Waals surface area (Å²) in [5, 5.41) is 2.92. The fourth-order valence-corrected chi connectivity index (χ4v) is 2.75. The average Bonchev–Trinajstić information content (AvgIpc) is 2.50. The van der Waals surface area contributed by atoms with Gasteiger partial charge in [-0.1, -0.05) is 12.1 Å². The van der Waals surface area contributed by atoms with Crippen LogP contribution in [0.4, 0.5) is 4.39 Å². The Bertz CT molecular complexity index is 592. The lowest BCUT2D eigenvalue weighted by atomic mass is 10.1. The summed E-state index contributed by atoms with van der Waals surface area (Å²) in [4.78, 5) is 16.4. The van der Waals surface area contributed by atoms with E-state index < -0.39 is 0 Å². The zero-order chi connectivity index (χ0) is 15.1. The number of nitrogens with one attached hydrogen (secondary N) is 1. The molecule has 1 aromatic carbocycles. The summed E-state index contributed by atoms with van der Waals surface area (Å²) in [5.41, 5.74) is 1.01. The summed E-state index contributed by atoms with van der Waals surface area (Å²) in [6.07, 6.45) is 3.76. The van der Waals surface area contributed by atoms with E-state index in [-0.39, 0.29) is 17.8 Å². The third-order valence-electron chi connectivity index (χ3n) is 3.01. The molecule has 1 unspecified atom stereocenters. The highest BCUT2D eigenvalue weighted by Crippen LogP contribution is 2.21. The molecule has 1 amide bonds. The number of carbonyl (C=O) groups is 1. The second-order valence-electron chi connectivity index (χ2n) is 4.60. The Morgan fingerprint density at radius 3 is 2.71 bits per heavy atom. The smallest absolute Gasteiger partial charge is 0.221 e. The molecule has 1 aromatic heterocycles. The Kier molecular flexibility index (Phi) is 5.75. The largest absolute Gasteiger partial charge is 0.350 e. The first-order valence-corrected chi connectivity index (χ1v) is 7.72. The Labute approximate surface area is 128 Å². The van der Waals surface area contributed by atoms with Crippen LogP contribution in [-0.2, 0) is 4.79 Å². The molecular weight excluding hydrogens is 287 g/mol. The van der Waals surface area contributed by atoms with Crippen molar-refractivity contribution < 1.29 is 9.18 Å². The van der Waals surface area contributed by atoms with E-state index >= 15 is 0 Å². The topological polar surface area (TPSA) is 42.0 Å². The van der Waals surface area contributed by atoms with Crippen molar-refractivity contribution in [3.8, 4) is 0 Å². The molecule has 21 heavy (non-hydrogen) atoms. The van der Waals surface area contributed by atoms with E-state index in [0.717, 1.165) is 5.56 Å². The van der Waals surface area contributed by atoms with E-state index in [9.17, 15) is 9.18 Å². The number of hydrogen-bond donors (Lipinski definition) is 1. The van der Waals surface area contributed by atoms with Crippen LogP contribution < -0.4 is 5.32 Å². The molecule has 0 fully saturated rings. The van der Waals surface area contributed by atoms with E-state index in [1.807, 2.05) is 19.1 Å². The molecule has 0 aliphatic carbocycles. The number of halogens is 1. The molecule has 110 valence electrons. The molecule has 0 bridgehead atoms. The SMILES string of the molecule is CC(NC(=O)CCSc1ccccc1F)c1ccncc1. The highest BCUT2D eigenvalue weighted by molar-refractivity contribution is 7.99. The van der Waals surface area contributed by atoms with Crippen LogP contribution >= 0.6 is 11.8 Å². The van der Waals surface area contributed by atoms with Crippen LogP contribution in [0.3, 0.4) is 0 Å². The van der Waals surface area contributed by atoms with Gasteiger partial charge in [0, 0.05) is 29.5 Å². The van der Waals surface area contributed by atoms with Gasteiger partial charge in [-0.05, 0) is 36.8 Å². The third-order valence-corrected chi connectivity index (χ3v) is 4.06. The average molecular weight is 304 g/mol. The minimum atomic E-state index is -0.243. The van der Waals surface area contributed by atoms with E-state index in [1.165, 1.54) is 17.8 Å². The normalized spacial score (nSPS) is 11.9. The van der Waals surface area contributed by atoms with E-state index in [2.05, 4.69) is 10.3 Å². The van der Waals surface area contributed by atoms with Crippen LogP contribution in [0.5, 0.6) is 0 Å². The molecule has 1 atom stereocenters. The Balaban J connectivity index is 1.76. The van der Waals surface area contributed by atoms with Crippen molar-refractivity contribution in [1.82, 2.24) is 10.3 Å². The molecule has 0 saturated heterocycles. The minimum Gasteiger partial charge on any atom is -0.350 e. The summed E-state index contributed by atoms with van der Waals surface area (Å²) < 4.78 is 13.4. The number of amides is 1. The quantitative estimate of drug-likeness (QED) is 0.829. The van der Waals surface area contributed by atoms with Gasteiger partial charge >= 0.3 is 0 Å².